The second-order valence-corrected chi connectivity index (χ2v) is 10.7. The van der Waals surface area contributed by atoms with Gasteiger partial charge in [0.15, 0.2) is 5.79 Å². The van der Waals surface area contributed by atoms with Gasteiger partial charge in [-0.25, -0.2) is 0 Å². The highest BCUT2D eigenvalue weighted by atomic mass is 16.7. The molecule has 29 heavy (non-hydrogen) atoms. The van der Waals surface area contributed by atoms with Crippen LogP contribution in [0, 0.1) is 34.5 Å². The van der Waals surface area contributed by atoms with Gasteiger partial charge in [-0.1, -0.05) is 19.0 Å². The molecular weight excluding hydrogens is 370 g/mol. The molecule has 0 aromatic heterocycles. The summed E-state index contributed by atoms with van der Waals surface area (Å²) in [6.07, 6.45) is 6.19. The van der Waals surface area contributed by atoms with Crippen LogP contribution >= 0.6 is 0 Å². The Balaban J connectivity index is 1.51. The van der Waals surface area contributed by atoms with Crippen LogP contribution in [-0.2, 0) is 14.2 Å². The Morgan fingerprint density at radius 3 is 2.62 bits per heavy atom. The van der Waals surface area contributed by atoms with Crippen molar-refractivity contribution >= 4 is 5.71 Å². The van der Waals surface area contributed by atoms with Gasteiger partial charge in [0.25, 0.3) is 0 Å². The van der Waals surface area contributed by atoms with Crippen LogP contribution in [0.15, 0.2) is 5.16 Å². The maximum atomic E-state index is 10.7. The second kappa shape index (κ2) is 6.91. The van der Waals surface area contributed by atoms with E-state index in [1.54, 1.807) is 0 Å². The third kappa shape index (κ3) is 2.65. The van der Waals surface area contributed by atoms with E-state index in [4.69, 9.17) is 14.2 Å². The van der Waals surface area contributed by atoms with E-state index >= 15 is 0 Å². The van der Waals surface area contributed by atoms with Gasteiger partial charge in [-0.3, -0.25) is 0 Å². The summed E-state index contributed by atoms with van der Waals surface area (Å²) in [4.78, 5) is 0. The highest BCUT2D eigenvalue weighted by Gasteiger charge is 2.69. The average molecular weight is 408 g/mol. The Morgan fingerprint density at radius 1 is 1.17 bits per heavy atom. The molecule has 1 heterocycles. The number of nitrogens with zero attached hydrogens (tertiary/aromatic N) is 1. The lowest BCUT2D eigenvalue weighted by molar-refractivity contribution is -0.235. The number of ether oxygens (including phenoxy) is 3. The van der Waals surface area contributed by atoms with Gasteiger partial charge < -0.3 is 24.5 Å². The molecule has 164 valence electrons. The van der Waals surface area contributed by atoms with Crippen molar-refractivity contribution in [1.82, 2.24) is 0 Å². The molecule has 0 aromatic carbocycles. The SMILES string of the molecule is CCO[C@H]1C[C@@]2(C)[C@@H](CC[C@@H]3[C@@H]2C(=NO)C[C@@]2(C)[C@H]3CCC23OCCO3)C[C@@H]1O. The van der Waals surface area contributed by atoms with Gasteiger partial charge in [0.2, 0.25) is 0 Å². The highest BCUT2D eigenvalue weighted by molar-refractivity contribution is 5.89. The van der Waals surface area contributed by atoms with Crippen LogP contribution in [0.4, 0.5) is 0 Å². The largest absolute Gasteiger partial charge is 0.411 e. The fourth-order valence-corrected chi connectivity index (χ4v) is 8.47. The lowest BCUT2D eigenvalue weighted by Gasteiger charge is -2.61. The van der Waals surface area contributed by atoms with Gasteiger partial charge in [-0.05, 0) is 62.2 Å². The van der Waals surface area contributed by atoms with Crippen molar-refractivity contribution in [2.24, 2.45) is 39.7 Å². The standard InChI is InChI=1S/C23H37NO5/c1-4-27-19-13-21(2)14(11-18(19)25)5-6-15-16-7-8-23(28-9-10-29-23)22(16,3)12-17(24-26)20(15)21/h14-16,18-20,25-26H,4-13H2,1-3H3/t14-,15-,16-,18-,19-,20+,21-,22-/m0/s1. The maximum Gasteiger partial charge on any atom is 0.174 e. The van der Waals surface area contributed by atoms with E-state index in [0.717, 1.165) is 50.7 Å². The van der Waals surface area contributed by atoms with Crippen molar-refractivity contribution in [3.63, 3.8) is 0 Å². The lowest BCUT2D eigenvalue weighted by Crippen LogP contribution is -2.62. The van der Waals surface area contributed by atoms with Gasteiger partial charge in [-0.15, -0.1) is 0 Å². The van der Waals surface area contributed by atoms with E-state index < -0.39 is 5.79 Å². The average Bonchev–Trinajstić information content (AvgIpc) is 3.29. The molecule has 0 radical (unpaired) electrons. The minimum Gasteiger partial charge on any atom is -0.411 e. The fraction of sp³-hybridized carbons (Fsp3) is 0.957. The molecule has 0 unspecified atom stereocenters. The van der Waals surface area contributed by atoms with Crippen molar-refractivity contribution in [3.8, 4) is 0 Å². The van der Waals surface area contributed by atoms with Crippen LogP contribution in [0.3, 0.4) is 0 Å². The van der Waals surface area contributed by atoms with Crippen LogP contribution in [0.5, 0.6) is 0 Å². The predicted octanol–water partition coefficient (Wildman–Crippen LogP) is 3.59. The van der Waals surface area contributed by atoms with Crippen LogP contribution in [0.2, 0.25) is 0 Å². The number of rotatable bonds is 2. The molecule has 8 atom stereocenters. The van der Waals surface area contributed by atoms with E-state index in [2.05, 4.69) is 19.0 Å². The monoisotopic (exact) mass is 407 g/mol. The smallest absolute Gasteiger partial charge is 0.174 e. The van der Waals surface area contributed by atoms with E-state index in [1.165, 1.54) is 0 Å². The molecule has 1 saturated heterocycles. The zero-order chi connectivity index (χ0) is 20.4. The lowest BCUT2D eigenvalue weighted by atomic mass is 9.44. The molecular formula is C23H37NO5. The normalized spacial score (nSPS) is 52.3. The van der Waals surface area contributed by atoms with Crippen molar-refractivity contribution in [2.45, 2.75) is 83.7 Å². The Morgan fingerprint density at radius 2 is 1.93 bits per heavy atom. The summed E-state index contributed by atoms with van der Waals surface area (Å²) < 4.78 is 18.4. The topological polar surface area (TPSA) is 80.5 Å². The Hall–Kier alpha value is -0.690. The molecule has 0 aromatic rings. The van der Waals surface area contributed by atoms with E-state index in [1.807, 2.05) is 6.92 Å². The first-order chi connectivity index (χ1) is 13.9. The summed E-state index contributed by atoms with van der Waals surface area (Å²) in [7, 11) is 0. The van der Waals surface area contributed by atoms with Gasteiger partial charge >= 0.3 is 0 Å². The molecule has 2 N–H and O–H groups in total. The minimum atomic E-state index is -0.507. The minimum absolute atomic E-state index is 0.00196. The molecule has 5 fully saturated rings. The van der Waals surface area contributed by atoms with Crippen LogP contribution in [0.25, 0.3) is 0 Å². The molecule has 6 nitrogen and oxygen atoms in total. The van der Waals surface area contributed by atoms with Crippen molar-refractivity contribution in [3.05, 3.63) is 0 Å². The van der Waals surface area contributed by atoms with Gasteiger partial charge in [-0.2, -0.15) is 0 Å². The first-order valence-corrected chi connectivity index (χ1v) is 11.7. The summed E-state index contributed by atoms with van der Waals surface area (Å²) in [6.45, 7) is 8.62. The van der Waals surface area contributed by atoms with Crippen LogP contribution in [-0.4, -0.2) is 53.8 Å². The number of oxime groups is 1. The molecule has 6 heteroatoms. The number of hydrogen-bond acceptors (Lipinski definition) is 6. The first-order valence-electron chi connectivity index (χ1n) is 11.7. The molecule has 5 rings (SSSR count). The van der Waals surface area contributed by atoms with Crippen LogP contribution in [0.1, 0.15) is 65.7 Å². The molecule has 4 saturated carbocycles. The zero-order valence-corrected chi connectivity index (χ0v) is 18.1. The molecule has 0 bridgehead atoms. The quantitative estimate of drug-likeness (QED) is 0.540. The zero-order valence-electron chi connectivity index (χ0n) is 18.1. The fourth-order valence-electron chi connectivity index (χ4n) is 8.47. The molecule has 5 aliphatic rings. The summed E-state index contributed by atoms with van der Waals surface area (Å²) >= 11 is 0. The summed E-state index contributed by atoms with van der Waals surface area (Å²) in [6, 6.07) is 0. The summed E-state index contributed by atoms with van der Waals surface area (Å²) in [5.74, 6) is 1.19. The molecule has 4 aliphatic carbocycles. The first kappa shape index (κ1) is 20.2. The summed E-state index contributed by atoms with van der Waals surface area (Å²) in [5, 5.41) is 24.7. The van der Waals surface area contributed by atoms with Gasteiger partial charge in [0.1, 0.15) is 0 Å². The van der Waals surface area contributed by atoms with E-state index in [-0.39, 0.29) is 29.0 Å². The summed E-state index contributed by atoms with van der Waals surface area (Å²) in [5.41, 5.74) is 0.786. The third-order valence-corrected chi connectivity index (χ3v) is 9.68. The van der Waals surface area contributed by atoms with Gasteiger partial charge in [0, 0.05) is 30.8 Å². The van der Waals surface area contributed by atoms with Crippen molar-refractivity contribution < 1.29 is 24.5 Å². The van der Waals surface area contributed by atoms with Crippen LogP contribution < -0.4 is 0 Å². The second-order valence-electron chi connectivity index (χ2n) is 10.7. The van der Waals surface area contributed by atoms with Crippen molar-refractivity contribution in [1.29, 1.82) is 0 Å². The maximum absolute atomic E-state index is 10.7. The number of aliphatic hydroxyl groups is 1. The molecule has 0 amide bonds. The Kier molecular flexibility index (Phi) is 4.82. The van der Waals surface area contributed by atoms with Crippen molar-refractivity contribution in [2.75, 3.05) is 19.8 Å². The predicted molar refractivity (Wildman–Crippen MR) is 108 cm³/mol. The Labute approximate surface area is 174 Å². The third-order valence-electron chi connectivity index (χ3n) is 9.68. The molecule has 1 spiro atoms. The highest BCUT2D eigenvalue weighted by Crippen LogP contribution is 2.68. The Bertz CT molecular complexity index is 676. The number of hydrogen-bond donors (Lipinski definition) is 2. The van der Waals surface area contributed by atoms with E-state index in [9.17, 15) is 10.3 Å². The van der Waals surface area contributed by atoms with E-state index in [0.29, 0.717) is 37.6 Å². The molecule has 1 aliphatic heterocycles. The van der Waals surface area contributed by atoms with Gasteiger partial charge in [0.05, 0.1) is 31.1 Å². The number of aliphatic hydroxyl groups excluding tert-OH is 1. The number of fused-ring (bicyclic) bond motifs is 6.